The molecule has 0 spiro atoms. The average molecular weight is 392 g/mol. The first-order chi connectivity index (χ1) is 14.0. The van der Waals surface area contributed by atoms with Gasteiger partial charge in [-0.15, -0.1) is 0 Å². The van der Waals surface area contributed by atoms with Gasteiger partial charge in [-0.1, -0.05) is 12.1 Å². The van der Waals surface area contributed by atoms with Crippen LogP contribution in [0.25, 0.3) is 11.1 Å². The third-order valence-electron chi connectivity index (χ3n) is 5.55. The topological polar surface area (TPSA) is 101 Å². The number of carbonyl (C=O) groups is 2. The van der Waals surface area contributed by atoms with E-state index in [2.05, 4.69) is 15.2 Å². The van der Waals surface area contributed by atoms with E-state index in [9.17, 15) is 9.59 Å². The van der Waals surface area contributed by atoms with Crippen LogP contribution in [-0.4, -0.2) is 40.8 Å². The summed E-state index contributed by atoms with van der Waals surface area (Å²) < 4.78 is 5.91. The van der Waals surface area contributed by atoms with E-state index in [1.807, 2.05) is 31.2 Å². The van der Waals surface area contributed by atoms with Gasteiger partial charge in [0, 0.05) is 17.2 Å². The Morgan fingerprint density at radius 2 is 1.83 bits per heavy atom. The van der Waals surface area contributed by atoms with E-state index in [0.717, 1.165) is 42.9 Å². The Labute approximate surface area is 168 Å². The van der Waals surface area contributed by atoms with Crippen LogP contribution in [0.1, 0.15) is 41.9 Å². The standard InChI is InChI=1S/C22H24N4O3/c1-14(21(28)24-17-8-6-15(7-9-17)20(23)27)26-12-10-16(11-13-26)22-25-18-4-2-3-5-19(18)29-22/h2-9,14,16H,10-13H2,1H3,(H2,23,27)(H,24,28)/t14-/m0/s1. The average Bonchev–Trinajstić information content (AvgIpc) is 3.18. The van der Waals surface area contributed by atoms with E-state index in [1.54, 1.807) is 24.3 Å². The van der Waals surface area contributed by atoms with Crippen molar-refractivity contribution in [2.45, 2.75) is 31.7 Å². The van der Waals surface area contributed by atoms with Gasteiger partial charge in [0.05, 0.1) is 6.04 Å². The highest BCUT2D eigenvalue weighted by atomic mass is 16.3. The number of oxazole rings is 1. The van der Waals surface area contributed by atoms with Crippen LogP contribution in [0.3, 0.4) is 0 Å². The number of amides is 2. The number of primary amides is 1. The summed E-state index contributed by atoms with van der Waals surface area (Å²) in [6.07, 6.45) is 1.80. The molecular formula is C22H24N4O3. The fourth-order valence-corrected chi connectivity index (χ4v) is 3.73. The molecule has 1 saturated heterocycles. The third kappa shape index (κ3) is 4.14. The number of anilines is 1. The van der Waals surface area contributed by atoms with Crippen LogP contribution < -0.4 is 11.1 Å². The van der Waals surface area contributed by atoms with Crippen molar-refractivity contribution in [3.8, 4) is 0 Å². The molecule has 7 nitrogen and oxygen atoms in total. The second kappa shape index (κ2) is 8.05. The van der Waals surface area contributed by atoms with E-state index in [1.165, 1.54) is 0 Å². The minimum atomic E-state index is -0.488. The van der Waals surface area contributed by atoms with Crippen LogP contribution in [0.2, 0.25) is 0 Å². The number of fused-ring (bicyclic) bond motifs is 1. The molecule has 3 aromatic rings. The molecule has 150 valence electrons. The second-order valence-corrected chi connectivity index (χ2v) is 7.44. The molecule has 1 aliphatic rings. The van der Waals surface area contributed by atoms with Crippen LogP contribution in [0.5, 0.6) is 0 Å². The number of carbonyl (C=O) groups excluding carboxylic acids is 2. The van der Waals surface area contributed by atoms with Gasteiger partial charge in [-0.05, 0) is 69.3 Å². The molecular weight excluding hydrogens is 368 g/mol. The lowest BCUT2D eigenvalue weighted by Crippen LogP contribution is -2.45. The molecule has 29 heavy (non-hydrogen) atoms. The zero-order valence-electron chi connectivity index (χ0n) is 16.3. The van der Waals surface area contributed by atoms with Crippen LogP contribution in [0.15, 0.2) is 52.9 Å². The van der Waals surface area contributed by atoms with Crippen molar-refractivity contribution >= 4 is 28.6 Å². The smallest absolute Gasteiger partial charge is 0.248 e. The van der Waals surface area contributed by atoms with Gasteiger partial charge < -0.3 is 15.5 Å². The Morgan fingerprint density at radius 1 is 1.14 bits per heavy atom. The zero-order chi connectivity index (χ0) is 20.4. The predicted molar refractivity (Wildman–Crippen MR) is 111 cm³/mol. The van der Waals surface area contributed by atoms with Gasteiger partial charge in [0.25, 0.3) is 0 Å². The van der Waals surface area contributed by atoms with Gasteiger partial charge in [0.2, 0.25) is 11.8 Å². The first-order valence-electron chi connectivity index (χ1n) is 9.81. The molecule has 4 rings (SSSR count). The summed E-state index contributed by atoms with van der Waals surface area (Å²) >= 11 is 0. The Bertz CT molecular complexity index is 987. The maximum absolute atomic E-state index is 12.6. The summed E-state index contributed by atoms with van der Waals surface area (Å²) in [7, 11) is 0. The highest BCUT2D eigenvalue weighted by molar-refractivity contribution is 5.96. The Hall–Kier alpha value is -3.19. The van der Waals surface area contributed by atoms with Gasteiger partial charge in [0.15, 0.2) is 11.5 Å². The first kappa shape index (κ1) is 19.1. The quantitative estimate of drug-likeness (QED) is 0.695. The third-order valence-corrected chi connectivity index (χ3v) is 5.55. The van der Waals surface area contributed by atoms with E-state index in [0.29, 0.717) is 11.3 Å². The summed E-state index contributed by atoms with van der Waals surface area (Å²) in [5.74, 6) is 0.503. The Balaban J connectivity index is 1.33. The van der Waals surface area contributed by atoms with Crippen LogP contribution in [0, 0.1) is 0 Å². The number of likely N-dealkylation sites (tertiary alicyclic amines) is 1. The number of aromatic nitrogens is 1. The molecule has 0 unspecified atom stereocenters. The zero-order valence-corrected chi connectivity index (χ0v) is 16.3. The van der Waals surface area contributed by atoms with E-state index >= 15 is 0 Å². The minimum Gasteiger partial charge on any atom is -0.440 e. The van der Waals surface area contributed by atoms with E-state index < -0.39 is 5.91 Å². The van der Waals surface area contributed by atoms with E-state index in [4.69, 9.17) is 10.2 Å². The number of piperidine rings is 1. The number of nitrogens with zero attached hydrogens (tertiary/aromatic N) is 2. The monoisotopic (exact) mass is 392 g/mol. The lowest BCUT2D eigenvalue weighted by molar-refractivity contribution is -0.121. The molecule has 2 amide bonds. The molecule has 1 fully saturated rings. The number of hydrogen-bond acceptors (Lipinski definition) is 5. The summed E-state index contributed by atoms with van der Waals surface area (Å²) in [6, 6.07) is 14.1. The SMILES string of the molecule is C[C@@H](C(=O)Nc1ccc(C(N)=O)cc1)N1CCC(c2nc3ccccc3o2)CC1. The molecule has 3 N–H and O–H groups in total. The summed E-state index contributed by atoms with van der Waals surface area (Å²) in [6.45, 7) is 3.52. The van der Waals surface area contributed by atoms with Gasteiger partial charge in [0.1, 0.15) is 5.52 Å². The molecule has 7 heteroatoms. The predicted octanol–water partition coefficient (Wildman–Crippen LogP) is 3.13. The number of hydrogen-bond donors (Lipinski definition) is 2. The fourth-order valence-electron chi connectivity index (χ4n) is 3.73. The van der Waals surface area contributed by atoms with Gasteiger partial charge in [-0.2, -0.15) is 0 Å². The summed E-state index contributed by atoms with van der Waals surface area (Å²) in [4.78, 5) is 30.6. The first-order valence-corrected chi connectivity index (χ1v) is 9.81. The van der Waals surface area contributed by atoms with Crippen molar-refractivity contribution in [1.29, 1.82) is 0 Å². The van der Waals surface area contributed by atoms with E-state index in [-0.39, 0.29) is 17.9 Å². The molecule has 0 aliphatic carbocycles. The van der Waals surface area contributed by atoms with Crippen molar-refractivity contribution in [3.05, 3.63) is 60.0 Å². The molecule has 0 radical (unpaired) electrons. The summed E-state index contributed by atoms with van der Waals surface area (Å²) in [5, 5.41) is 2.90. The molecule has 1 atom stereocenters. The summed E-state index contributed by atoms with van der Waals surface area (Å²) in [5.41, 5.74) is 8.01. The lowest BCUT2D eigenvalue weighted by Gasteiger charge is -2.34. The molecule has 2 aromatic carbocycles. The van der Waals surface area contributed by atoms with Crippen molar-refractivity contribution in [1.82, 2.24) is 9.88 Å². The van der Waals surface area contributed by atoms with Crippen molar-refractivity contribution < 1.29 is 14.0 Å². The number of para-hydroxylation sites is 2. The highest BCUT2D eigenvalue weighted by Crippen LogP contribution is 2.30. The molecule has 1 aromatic heterocycles. The molecule has 0 bridgehead atoms. The Morgan fingerprint density at radius 3 is 2.48 bits per heavy atom. The maximum Gasteiger partial charge on any atom is 0.248 e. The van der Waals surface area contributed by atoms with Crippen molar-refractivity contribution in [2.75, 3.05) is 18.4 Å². The fraction of sp³-hybridized carbons (Fsp3) is 0.318. The van der Waals surface area contributed by atoms with Gasteiger partial charge in [-0.3, -0.25) is 14.5 Å². The highest BCUT2D eigenvalue weighted by Gasteiger charge is 2.29. The second-order valence-electron chi connectivity index (χ2n) is 7.44. The van der Waals surface area contributed by atoms with Crippen LogP contribution in [0.4, 0.5) is 5.69 Å². The number of benzene rings is 2. The normalized spacial score (nSPS) is 16.6. The van der Waals surface area contributed by atoms with Gasteiger partial charge in [-0.25, -0.2) is 4.98 Å². The molecule has 2 heterocycles. The lowest BCUT2D eigenvalue weighted by atomic mass is 9.95. The molecule has 1 aliphatic heterocycles. The maximum atomic E-state index is 12.6. The largest absolute Gasteiger partial charge is 0.440 e. The number of nitrogens with one attached hydrogen (secondary N) is 1. The molecule has 0 saturated carbocycles. The number of nitrogens with two attached hydrogens (primary N) is 1. The van der Waals surface area contributed by atoms with Crippen molar-refractivity contribution in [2.24, 2.45) is 5.73 Å². The minimum absolute atomic E-state index is 0.0721. The van der Waals surface area contributed by atoms with Gasteiger partial charge >= 0.3 is 0 Å². The van der Waals surface area contributed by atoms with Crippen molar-refractivity contribution in [3.63, 3.8) is 0 Å². The Kier molecular flexibility index (Phi) is 5.31. The van der Waals surface area contributed by atoms with Crippen LogP contribution in [-0.2, 0) is 4.79 Å². The number of rotatable bonds is 5. The van der Waals surface area contributed by atoms with Crippen LogP contribution >= 0.6 is 0 Å².